The van der Waals surface area contributed by atoms with Crippen LogP contribution in [0.15, 0.2) is 40.7 Å². The quantitative estimate of drug-likeness (QED) is 0.361. The van der Waals surface area contributed by atoms with Gasteiger partial charge in [-0.1, -0.05) is 18.2 Å². The highest BCUT2D eigenvalue weighted by atomic mass is 127. The molecule has 0 bridgehead atoms. The Morgan fingerprint density at radius 3 is 2.72 bits per heavy atom. The number of ether oxygens (including phenoxy) is 1. The third-order valence-electron chi connectivity index (χ3n) is 3.43. The summed E-state index contributed by atoms with van der Waals surface area (Å²) < 4.78 is 5.75. The Balaban J connectivity index is 0.00000312. The summed E-state index contributed by atoms with van der Waals surface area (Å²) in [6.07, 6.45) is 0.869. The van der Waals surface area contributed by atoms with Crippen LogP contribution in [0.1, 0.15) is 17.6 Å². The van der Waals surface area contributed by atoms with Crippen molar-refractivity contribution in [2.24, 2.45) is 4.99 Å². The molecule has 1 heterocycles. The van der Waals surface area contributed by atoms with Crippen molar-refractivity contribution in [2.75, 3.05) is 33.3 Å². The van der Waals surface area contributed by atoms with Crippen molar-refractivity contribution in [3.05, 3.63) is 46.4 Å². The lowest BCUT2D eigenvalue weighted by Crippen LogP contribution is -2.41. The van der Waals surface area contributed by atoms with E-state index in [1.165, 1.54) is 0 Å². The van der Waals surface area contributed by atoms with Crippen LogP contribution in [0, 0.1) is 6.92 Å². The largest absolute Gasteiger partial charge is 0.492 e. The number of aliphatic imine (C=N–C) groups is 1. The molecule has 0 aliphatic heterocycles. The fraction of sp³-hybridized carbons (Fsp3) is 0.444. The molecule has 2 rings (SSSR count). The Morgan fingerprint density at radius 2 is 2.08 bits per heavy atom. The second-order valence-corrected chi connectivity index (χ2v) is 6.49. The standard InChI is InChI=1S/C18H26N4OS.HI/c1-4-19-18(20-11-10-16-14-24-15(2)21-16)22(3)12-13-23-17-8-6-5-7-9-17;/h5-9,14H,4,10-13H2,1-3H3,(H,19,20);1H. The predicted octanol–water partition coefficient (Wildman–Crippen LogP) is 3.59. The van der Waals surface area contributed by atoms with Crippen LogP contribution in [-0.4, -0.2) is 49.1 Å². The summed E-state index contributed by atoms with van der Waals surface area (Å²) in [4.78, 5) is 11.3. The van der Waals surface area contributed by atoms with Crippen molar-refractivity contribution in [3.63, 3.8) is 0 Å². The van der Waals surface area contributed by atoms with Crippen LogP contribution in [0.2, 0.25) is 0 Å². The minimum Gasteiger partial charge on any atom is -0.492 e. The van der Waals surface area contributed by atoms with Crippen LogP contribution < -0.4 is 10.1 Å². The molecular weight excluding hydrogens is 447 g/mol. The molecule has 25 heavy (non-hydrogen) atoms. The third-order valence-corrected chi connectivity index (χ3v) is 4.25. The van der Waals surface area contributed by atoms with E-state index in [1.807, 2.05) is 44.3 Å². The number of para-hydroxylation sites is 1. The summed E-state index contributed by atoms with van der Waals surface area (Å²) >= 11 is 1.69. The molecule has 1 aromatic heterocycles. The molecule has 1 N–H and O–H groups in total. The van der Waals surface area contributed by atoms with E-state index in [9.17, 15) is 0 Å². The smallest absolute Gasteiger partial charge is 0.193 e. The molecule has 0 unspecified atom stereocenters. The van der Waals surface area contributed by atoms with Gasteiger partial charge in [0.05, 0.1) is 17.2 Å². The summed E-state index contributed by atoms with van der Waals surface area (Å²) in [5, 5.41) is 6.54. The van der Waals surface area contributed by atoms with Gasteiger partial charge >= 0.3 is 0 Å². The van der Waals surface area contributed by atoms with Gasteiger partial charge in [-0.2, -0.15) is 0 Å². The number of guanidine groups is 1. The van der Waals surface area contributed by atoms with Crippen LogP contribution in [0.5, 0.6) is 5.75 Å². The maximum atomic E-state index is 5.75. The first kappa shape index (κ1) is 21.7. The van der Waals surface area contributed by atoms with E-state index >= 15 is 0 Å². The van der Waals surface area contributed by atoms with E-state index in [1.54, 1.807) is 11.3 Å². The van der Waals surface area contributed by atoms with Gasteiger partial charge in [0.2, 0.25) is 0 Å². The van der Waals surface area contributed by atoms with Gasteiger partial charge < -0.3 is 15.0 Å². The number of aryl methyl sites for hydroxylation is 1. The highest BCUT2D eigenvalue weighted by molar-refractivity contribution is 14.0. The maximum absolute atomic E-state index is 5.75. The second-order valence-electron chi connectivity index (χ2n) is 5.43. The zero-order valence-electron chi connectivity index (χ0n) is 15.1. The molecular formula is C18H27IN4OS. The molecule has 0 radical (unpaired) electrons. The first-order chi connectivity index (χ1) is 11.7. The normalized spacial score (nSPS) is 10.9. The number of halogens is 1. The van der Waals surface area contributed by atoms with Crippen LogP contribution in [-0.2, 0) is 6.42 Å². The lowest BCUT2D eigenvalue weighted by atomic mass is 10.3. The number of thiazole rings is 1. The van der Waals surface area contributed by atoms with E-state index < -0.39 is 0 Å². The molecule has 138 valence electrons. The number of hydrogen-bond acceptors (Lipinski definition) is 4. The summed E-state index contributed by atoms with van der Waals surface area (Å²) in [7, 11) is 2.03. The van der Waals surface area contributed by atoms with Gasteiger partial charge in [0.1, 0.15) is 12.4 Å². The van der Waals surface area contributed by atoms with Crippen LogP contribution >= 0.6 is 35.3 Å². The summed E-state index contributed by atoms with van der Waals surface area (Å²) in [5.74, 6) is 1.80. The lowest BCUT2D eigenvalue weighted by molar-refractivity contribution is 0.281. The van der Waals surface area contributed by atoms with E-state index in [0.717, 1.165) is 48.5 Å². The van der Waals surface area contributed by atoms with Gasteiger partial charge in [0, 0.05) is 31.9 Å². The molecule has 0 amide bonds. The number of aromatic nitrogens is 1. The Morgan fingerprint density at radius 1 is 1.32 bits per heavy atom. The van der Waals surface area contributed by atoms with Gasteiger partial charge in [0.15, 0.2) is 5.96 Å². The van der Waals surface area contributed by atoms with Gasteiger partial charge in [0.25, 0.3) is 0 Å². The van der Waals surface area contributed by atoms with Crippen LogP contribution in [0.4, 0.5) is 0 Å². The number of hydrogen-bond donors (Lipinski definition) is 1. The van der Waals surface area contributed by atoms with Crippen molar-refractivity contribution in [2.45, 2.75) is 20.3 Å². The molecule has 2 aromatic rings. The fourth-order valence-electron chi connectivity index (χ4n) is 2.19. The lowest BCUT2D eigenvalue weighted by Gasteiger charge is -2.22. The highest BCUT2D eigenvalue weighted by Crippen LogP contribution is 2.09. The van der Waals surface area contributed by atoms with Gasteiger partial charge in [-0.25, -0.2) is 4.98 Å². The zero-order chi connectivity index (χ0) is 17.2. The molecule has 0 fully saturated rings. The Bertz CT molecular complexity index is 633. The van der Waals surface area contributed by atoms with Gasteiger partial charge in [-0.15, -0.1) is 35.3 Å². The Hall–Kier alpha value is -1.35. The van der Waals surface area contributed by atoms with Crippen molar-refractivity contribution in [1.82, 2.24) is 15.2 Å². The molecule has 0 atom stereocenters. The Kier molecular flexibility index (Phi) is 10.5. The third kappa shape index (κ3) is 8.04. The van der Waals surface area contributed by atoms with Crippen molar-refractivity contribution in [1.29, 1.82) is 0 Å². The number of rotatable bonds is 8. The van der Waals surface area contributed by atoms with Crippen molar-refractivity contribution >= 4 is 41.3 Å². The fourth-order valence-corrected chi connectivity index (χ4v) is 2.84. The average Bonchev–Trinajstić information content (AvgIpc) is 3.00. The number of nitrogens with one attached hydrogen (secondary N) is 1. The molecule has 0 saturated heterocycles. The highest BCUT2D eigenvalue weighted by Gasteiger charge is 2.06. The molecule has 0 aliphatic rings. The number of nitrogens with zero attached hydrogens (tertiary/aromatic N) is 3. The minimum atomic E-state index is 0. The topological polar surface area (TPSA) is 49.8 Å². The molecule has 0 saturated carbocycles. The molecule has 5 nitrogen and oxygen atoms in total. The second kappa shape index (κ2) is 12.1. The predicted molar refractivity (Wildman–Crippen MR) is 117 cm³/mol. The zero-order valence-corrected chi connectivity index (χ0v) is 18.2. The van der Waals surface area contributed by atoms with Crippen LogP contribution in [0.25, 0.3) is 0 Å². The molecule has 7 heteroatoms. The average molecular weight is 474 g/mol. The van der Waals surface area contributed by atoms with Gasteiger partial charge in [-0.3, -0.25) is 4.99 Å². The van der Waals surface area contributed by atoms with Crippen LogP contribution in [0.3, 0.4) is 0 Å². The number of likely N-dealkylation sites (N-methyl/N-ethyl adjacent to an activating group) is 1. The Labute approximate surface area is 171 Å². The van der Waals surface area contributed by atoms with Crippen molar-refractivity contribution < 1.29 is 4.74 Å². The first-order valence-corrected chi connectivity index (χ1v) is 9.15. The van der Waals surface area contributed by atoms with Crippen molar-refractivity contribution in [3.8, 4) is 5.75 Å². The van der Waals surface area contributed by atoms with E-state index in [4.69, 9.17) is 4.74 Å². The van der Waals surface area contributed by atoms with E-state index in [2.05, 4.69) is 32.5 Å². The summed E-state index contributed by atoms with van der Waals surface area (Å²) in [6, 6.07) is 9.87. The maximum Gasteiger partial charge on any atom is 0.193 e. The van der Waals surface area contributed by atoms with E-state index in [0.29, 0.717) is 6.61 Å². The monoisotopic (exact) mass is 474 g/mol. The molecule has 1 aromatic carbocycles. The summed E-state index contributed by atoms with van der Waals surface area (Å²) in [6.45, 7) is 7.08. The molecule has 0 spiro atoms. The number of benzene rings is 1. The first-order valence-electron chi connectivity index (χ1n) is 8.27. The summed E-state index contributed by atoms with van der Waals surface area (Å²) in [5.41, 5.74) is 1.12. The van der Waals surface area contributed by atoms with Gasteiger partial charge in [-0.05, 0) is 26.0 Å². The van der Waals surface area contributed by atoms with E-state index in [-0.39, 0.29) is 24.0 Å². The minimum absolute atomic E-state index is 0. The SMILES string of the molecule is CCNC(=NCCc1csc(C)n1)N(C)CCOc1ccccc1.I. The molecule has 0 aliphatic carbocycles.